The van der Waals surface area contributed by atoms with Crippen LogP contribution in [0.5, 0.6) is 5.75 Å². The van der Waals surface area contributed by atoms with Crippen molar-refractivity contribution in [3.8, 4) is 28.2 Å². The van der Waals surface area contributed by atoms with Crippen molar-refractivity contribution in [1.29, 1.82) is 0 Å². The van der Waals surface area contributed by atoms with E-state index in [1.807, 2.05) is 49.4 Å². The molecule has 1 heterocycles. The van der Waals surface area contributed by atoms with Crippen LogP contribution in [0.2, 0.25) is 0 Å². The highest BCUT2D eigenvalue weighted by atomic mass is 32.2. The molecule has 5 nitrogen and oxygen atoms in total. The molecule has 4 aromatic carbocycles. The van der Waals surface area contributed by atoms with Crippen molar-refractivity contribution < 1.29 is 17.0 Å². The van der Waals surface area contributed by atoms with E-state index in [1.54, 1.807) is 48.5 Å². The smallest absolute Gasteiger partial charge is 0.339 e. The van der Waals surface area contributed by atoms with Gasteiger partial charge in [-0.3, -0.25) is 4.79 Å². The van der Waals surface area contributed by atoms with Crippen molar-refractivity contribution in [2.45, 2.75) is 11.8 Å². The Morgan fingerprint density at radius 2 is 1.26 bits per heavy atom. The molecule has 34 heavy (non-hydrogen) atoms. The van der Waals surface area contributed by atoms with Gasteiger partial charge in [0.25, 0.3) is 0 Å². The van der Waals surface area contributed by atoms with Crippen LogP contribution < -0.4 is 9.61 Å². The maximum atomic E-state index is 13.3. The molecule has 0 fully saturated rings. The lowest BCUT2D eigenvalue weighted by Gasteiger charge is -2.12. The molecule has 0 amide bonds. The van der Waals surface area contributed by atoms with Crippen LogP contribution in [-0.4, -0.2) is 8.42 Å². The summed E-state index contributed by atoms with van der Waals surface area (Å²) in [6.07, 6.45) is 0. The van der Waals surface area contributed by atoms with E-state index in [-0.39, 0.29) is 21.8 Å². The number of benzene rings is 4. The maximum Gasteiger partial charge on any atom is 0.339 e. The number of rotatable bonds is 5. The van der Waals surface area contributed by atoms with Crippen LogP contribution in [0.3, 0.4) is 0 Å². The Kier molecular flexibility index (Phi) is 5.51. The molecule has 0 bridgehead atoms. The number of hydrogen-bond acceptors (Lipinski definition) is 5. The van der Waals surface area contributed by atoms with Crippen molar-refractivity contribution in [3.05, 3.63) is 119 Å². The second-order valence-corrected chi connectivity index (χ2v) is 9.43. The van der Waals surface area contributed by atoms with E-state index < -0.39 is 15.5 Å². The van der Waals surface area contributed by atoms with E-state index in [1.165, 1.54) is 12.1 Å². The summed E-state index contributed by atoms with van der Waals surface area (Å²) in [4.78, 5) is 13.3. The van der Waals surface area contributed by atoms with Gasteiger partial charge in [-0.1, -0.05) is 84.4 Å². The summed E-state index contributed by atoms with van der Waals surface area (Å²) >= 11 is 0. The third kappa shape index (κ3) is 4.11. The maximum absolute atomic E-state index is 13.3. The van der Waals surface area contributed by atoms with Gasteiger partial charge in [-0.25, -0.2) is 0 Å². The van der Waals surface area contributed by atoms with Crippen molar-refractivity contribution in [3.63, 3.8) is 0 Å². The van der Waals surface area contributed by atoms with Gasteiger partial charge in [0.15, 0.2) is 5.76 Å². The Morgan fingerprint density at radius 1 is 0.676 bits per heavy atom. The summed E-state index contributed by atoms with van der Waals surface area (Å²) in [5.41, 5.74) is 3.23. The summed E-state index contributed by atoms with van der Waals surface area (Å²) in [5.74, 6) is -0.314. The molecule has 0 aliphatic rings. The Bertz CT molecular complexity index is 1630. The summed E-state index contributed by atoms with van der Waals surface area (Å²) in [6, 6.07) is 30.1. The van der Waals surface area contributed by atoms with Crippen molar-refractivity contribution in [2.75, 3.05) is 0 Å². The first-order chi connectivity index (χ1) is 16.4. The van der Waals surface area contributed by atoms with Crippen LogP contribution in [0.1, 0.15) is 5.56 Å². The molecular formula is C28H20O5S. The van der Waals surface area contributed by atoms with E-state index in [4.69, 9.17) is 8.60 Å². The Labute approximate surface area is 197 Å². The molecule has 0 aliphatic heterocycles. The van der Waals surface area contributed by atoms with Gasteiger partial charge in [-0.05, 0) is 42.3 Å². The number of hydrogen-bond donors (Lipinski definition) is 0. The number of fused-ring (bicyclic) bond motifs is 1. The van der Waals surface area contributed by atoms with Crippen LogP contribution in [-0.2, 0) is 10.1 Å². The Morgan fingerprint density at radius 3 is 1.97 bits per heavy atom. The molecule has 6 heteroatoms. The van der Waals surface area contributed by atoms with Crippen LogP contribution in [0.25, 0.3) is 33.4 Å². The minimum Gasteiger partial charge on any atom is -0.452 e. The zero-order valence-electron chi connectivity index (χ0n) is 18.3. The van der Waals surface area contributed by atoms with E-state index in [9.17, 15) is 13.2 Å². The van der Waals surface area contributed by atoms with Gasteiger partial charge in [0.1, 0.15) is 10.5 Å². The summed E-state index contributed by atoms with van der Waals surface area (Å²) < 4.78 is 37.5. The second-order valence-electron chi connectivity index (χ2n) is 7.88. The molecule has 0 aliphatic carbocycles. The molecule has 0 saturated heterocycles. The average Bonchev–Trinajstić information content (AvgIpc) is 2.86. The highest BCUT2D eigenvalue weighted by Gasteiger charge is 2.25. The van der Waals surface area contributed by atoms with Crippen molar-refractivity contribution in [2.24, 2.45) is 0 Å². The predicted molar refractivity (Wildman–Crippen MR) is 132 cm³/mol. The van der Waals surface area contributed by atoms with Gasteiger partial charge in [-0.2, -0.15) is 8.42 Å². The standard InChI is InChI=1S/C28H20O5S/c1-19-11-17-23(18-12-19)34(30,31)33-28-26(29)24-9-5-6-10-25(24)32-27(28)22-15-13-21(14-16-22)20-7-3-2-4-8-20/h2-18H,1H3. The van der Waals surface area contributed by atoms with E-state index in [2.05, 4.69) is 0 Å². The third-order valence-electron chi connectivity index (χ3n) is 5.51. The first kappa shape index (κ1) is 21.7. The van der Waals surface area contributed by atoms with Crippen LogP contribution in [0.15, 0.2) is 117 Å². The monoisotopic (exact) mass is 468 g/mol. The molecule has 0 N–H and O–H groups in total. The molecule has 5 aromatic rings. The molecule has 168 valence electrons. The SMILES string of the molecule is Cc1ccc(S(=O)(=O)Oc2c(-c3ccc(-c4ccccc4)cc3)oc3ccccc3c2=O)cc1. The summed E-state index contributed by atoms with van der Waals surface area (Å²) in [6.45, 7) is 1.85. The first-order valence-corrected chi connectivity index (χ1v) is 12.1. The lowest BCUT2D eigenvalue weighted by Crippen LogP contribution is -2.17. The lowest BCUT2D eigenvalue weighted by molar-refractivity contribution is 0.472. The van der Waals surface area contributed by atoms with Gasteiger partial charge in [0.05, 0.1) is 5.39 Å². The highest BCUT2D eigenvalue weighted by Crippen LogP contribution is 2.34. The molecule has 0 spiro atoms. The van der Waals surface area contributed by atoms with Crippen LogP contribution >= 0.6 is 0 Å². The Balaban J connectivity index is 1.65. The Hall–Kier alpha value is -4.16. The van der Waals surface area contributed by atoms with Crippen LogP contribution in [0.4, 0.5) is 0 Å². The van der Waals surface area contributed by atoms with Gasteiger partial charge >= 0.3 is 10.1 Å². The molecule has 0 radical (unpaired) electrons. The van der Waals surface area contributed by atoms with E-state index in [0.717, 1.165) is 16.7 Å². The molecule has 1 aromatic heterocycles. The number of aryl methyl sites for hydroxylation is 1. The molecular weight excluding hydrogens is 448 g/mol. The normalized spacial score (nSPS) is 11.4. The zero-order valence-corrected chi connectivity index (χ0v) is 19.1. The third-order valence-corrected chi connectivity index (χ3v) is 6.75. The molecule has 5 rings (SSSR count). The molecule has 0 unspecified atom stereocenters. The van der Waals surface area contributed by atoms with E-state index >= 15 is 0 Å². The topological polar surface area (TPSA) is 73.6 Å². The first-order valence-electron chi connectivity index (χ1n) is 10.7. The zero-order chi connectivity index (χ0) is 23.7. The fraction of sp³-hybridized carbons (Fsp3) is 0.0357. The predicted octanol–water partition coefficient (Wildman–Crippen LogP) is 6.20. The highest BCUT2D eigenvalue weighted by molar-refractivity contribution is 7.87. The lowest BCUT2D eigenvalue weighted by atomic mass is 10.0. The second kappa shape index (κ2) is 8.65. The van der Waals surface area contributed by atoms with Crippen LogP contribution in [0, 0.1) is 6.92 Å². The largest absolute Gasteiger partial charge is 0.452 e. The van der Waals surface area contributed by atoms with Crippen molar-refractivity contribution >= 4 is 21.1 Å². The number of para-hydroxylation sites is 1. The van der Waals surface area contributed by atoms with Gasteiger partial charge < -0.3 is 8.60 Å². The van der Waals surface area contributed by atoms with Gasteiger partial charge in [0.2, 0.25) is 11.2 Å². The summed E-state index contributed by atoms with van der Waals surface area (Å²) in [5, 5.41) is 0.237. The molecule has 0 atom stereocenters. The van der Waals surface area contributed by atoms with Gasteiger partial charge in [0, 0.05) is 5.56 Å². The minimum absolute atomic E-state index is 0.0453. The fourth-order valence-corrected chi connectivity index (χ4v) is 4.63. The van der Waals surface area contributed by atoms with Gasteiger partial charge in [-0.15, -0.1) is 0 Å². The van der Waals surface area contributed by atoms with E-state index in [0.29, 0.717) is 11.1 Å². The minimum atomic E-state index is -4.26. The quantitative estimate of drug-likeness (QED) is 0.287. The fourth-order valence-electron chi connectivity index (χ4n) is 3.70. The van der Waals surface area contributed by atoms with Crippen molar-refractivity contribution in [1.82, 2.24) is 0 Å². The summed E-state index contributed by atoms with van der Waals surface area (Å²) in [7, 11) is -4.26. The molecule has 0 saturated carbocycles. The average molecular weight is 469 g/mol.